The van der Waals surface area contributed by atoms with Crippen molar-refractivity contribution >= 4 is 45.4 Å². The van der Waals surface area contributed by atoms with E-state index in [1.807, 2.05) is 19.9 Å². The molecule has 33 heavy (non-hydrogen) atoms. The molecule has 4 rings (SSSR count). The van der Waals surface area contributed by atoms with Crippen molar-refractivity contribution in [2.24, 2.45) is 5.92 Å². The lowest BCUT2D eigenvalue weighted by molar-refractivity contribution is 0.0695. The zero-order valence-corrected chi connectivity index (χ0v) is 18.0. The first-order valence-electron chi connectivity index (χ1n) is 10.3. The lowest BCUT2D eigenvalue weighted by atomic mass is 10.1. The molecule has 2 aromatic carbocycles. The largest absolute Gasteiger partial charge is 0.477 e. The van der Waals surface area contributed by atoms with Crippen LogP contribution in [0.2, 0.25) is 0 Å². The number of carbonyl (C=O) groups excluding carboxylic acids is 2. The Morgan fingerprint density at radius 1 is 1.09 bits per heavy atom. The number of carboxylic acid groups (broad SMARTS) is 1. The van der Waals surface area contributed by atoms with Gasteiger partial charge in [-0.05, 0) is 36.2 Å². The molecule has 0 spiro atoms. The van der Waals surface area contributed by atoms with Crippen LogP contribution in [-0.2, 0) is 0 Å². The van der Waals surface area contributed by atoms with E-state index in [9.17, 15) is 24.3 Å². The molecule has 2 aromatic heterocycles. The Bertz CT molecular complexity index is 1470. The number of para-hydroxylation sites is 1. The highest BCUT2D eigenvalue weighted by molar-refractivity contribution is 6.08. The van der Waals surface area contributed by atoms with Crippen LogP contribution in [0.4, 0.5) is 10.5 Å². The van der Waals surface area contributed by atoms with Gasteiger partial charge in [0.05, 0.1) is 16.8 Å². The van der Waals surface area contributed by atoms with Gasteiger partial charge >= 0.3 is 12.0 Å². The fraction of sp³-hybridized carbons (Fsp3) is 0.167. The maximum Gasteiger partial charge on any atom is 0.341 e. The van der Waals surface area contributed by atoms with E-state index >= 15 is 0 Å². The molecule has 0 fully saturated rings. The molecular weight excluding hydrogens is 424 g/mol. The number of hydrogen-bond donors (Lipinski definition) is 4. The number of aromatic carboxylic acids is 1. The summed E-state index contributed by atoms with van der Waals surface area (Å²) in [5.74, 6) is -1.54. The van der Waals surface area contributed by atoms with Crippen LogP contribution < -0.4 is 16.1 Å². The van der Waals surface area contributed by atoms with Gasteiger partial charge in [0, 0.05) is 35.2 Å². The standard InChI is InChI=1S/C24H22N4O5/c1-13(2)11-26-22(30)16-9-14-7-8-25-18(14)10-19(16)27-24(33)28-12-17(23(31)32)21(29)15-5-3-4-6-20(15)28/h3-10,12-13,25H,11H2,1-2H3,(H,26,30)(H,27,33)(H,31,32). The van der Waals surface area contributed by atoms with Crippen LogP contribution in [0.1, 0.15) is 34.6 Å². The zero-order chi connectivity index (χ0) is 23.7. The van der Waals surface area contributed by atoms with Gasteiger partial charge in [-0.3, -0.25) is 14.2 Å². The van der Waals surface area contributed by atoms with Crippen molar-refractivity contribution in [3.8, 4) is 0 Å². The summed E-state index contributed by atoms with van der Waals surface area (Å²) in [7, 11) is 0. The summed E-state index contributed by atoms with van der Waals surface area (Å²) < 4.78 is 1.06. The quantitative estimate of drug-likeness (QED) is 0.371. The van der Waals surface area contributed by atoms with Gasteiger partial charge in [0.1, 0.15) is 5.56 Å². The number of aromatic amines is 1. The van der Waals surface area contributed by atoms with Crippen LogP contribution in [0.15, 0.2) is 59.7 Å². The maximum absolute atomic E-state index is 13.2. The second-order valence-corrected chi connectivity index (χ2v) is 8.06. The molecule has 0 aliphatic carbocycles. The fourth-order valence-electron chi connectivity index (χ4n) is 3.56. The minimum atomic E-state index is -1.44. The molecule has 2 amide bonds. The molecule has 168 valence electrons. The van der Waals surface area contributed by atoms with Crippen molar-refractivity contribution in [1.82, 2.24) is 14.9 Å². The molecule has 0 aliphatic heterocycles. The second-order valence-electron chi connectivity index (χ2n) is 8.06. The van der Waals surface area contributed by atoms with E-state index < -0.39 is 23.0 Å². The normalized spacial score (nSPS) is 11.1. The molecule has 2 heterocycles. The van der Waals surface area contributed by atoms with Crippen molar-refractivity contribution in [3.05, 3.63) is 76.2 Å². The van der Waals surface area contributed by atoms with Crippen LogP contribution in [0.25, 0.3) is 21.8 Å². The summed E-state index contributed by atoms with van der Waals surface area (Å²) in [6.45, 7) is 4.41. The van der Waals surface area contributed by atoms with E-state index in [4.69, 9.17) is 0 Å². The summed E-state index contributed by atoms with van der Waals surface area (Å²) in [6.07, 6.45) is 2.72. The first-order chi connectivity index (χ1) is 15.8. The van der Waals surface area contributed by atoms with Crippen molar-refractivity contribution in [2.45, 2.75) is 13.8 Å². The third-order valence-electron chi connectivity index (χ3n) is 5.21. The van der Waals surface area contributed by atoms with Gasteiger partial charge in [0.25, 0.3) is 5.91 Å². The number of nitrogens with zero attached hydrogens (tertiary/aromatic N) is 1. The number of benzene rings is 2. The van der Waals surface area contributed by atoms with Gasteiger partial charge in [0.15, 0.2) is 0 Å². The molecule has 9 heteroatoms. The average Bonchev–Trinajstić information content (AvgIpc) is 3.24. The van der Waals surface area contributed by atoms with E-state index in [1.165, 1.54) is 6.07 Å². The smallest absolute Gasteiger partial charge is 0.341 e. The van der Waals surface area contributed by atoms with E-state index in [-0.39, 0.29) is 34.0 Å². The van der Waals surface area contributed by atoms with Crippen LogP contribution >= 0.6 is 0 Å². The second kappa shape index (κ2) is 8.62. The predicted octanol–water partition coefficient (Wildman–Crippen LogP) is 3.65. The minimum absolute atomic E-state index is 0.0993. The monoisotopic (exact) mass is 446 g/mol. The number of rotatable bonds is 5. The van der Waals surface area contributed by atoms with Gasteiger partial charge in [-0.1, -0.05) is 26.0 Å². The van der Waals surface area contributed by atoms with Gasteiger partial charge < -0.3 is 20.7 Å². The van der Waals surface area contributed by atoms with Crippen molar-refractivity contribution in [1.29, 1.82) is 0 Å². The highest BCUT2D eigenvalue weighted by atomic mass is 16.4. The topological polar surface area (TPSA) is 133 Å². The van der Waals surface area contributed by atoms with Crippen LogP contribution in [-0.4, -0.2) is 39.1 Å². The Morgan fingerprint density at radius 3 is 2.58 bits per heavy atom. The Kier molecular flexibility index (Phi) is 5.70. The van der Waals surface area contributed by atoms with Gasteiger partial charge in [-0.2, -0.15) is 0 Å². The molecule has 9 nitrogen and oxygen atoms in total. The molecule has 0 radical (unpaired) electrons. The van der Waals surface area contributed by atoms with Crippen LogP contribution in [0.3, 0.4) is 0 Å². The molecule has 4 aromatic rings. The van der Waals surface area contributed by atoms with E-state index in [2.05, 4.69) is 15.6 Å². The zero-order valence-electron chi connectivity index (χ0n) is 18.0. The number of anilines is 1. The number of H-pyrrole nitrogens is 1. The number of pyridine rings is 1. The third-order valence-corrected chi connectivity index (χ3v) is 5.21. The van der Waals surface area contributed by atoms with Crippen LogP contribution in [0.5, 0.6) is 0 Å². The number of amides is 2. The number of carbonyl (C=O) groups is 3. The van der Waals surface area contributed by atoms with Crippen molar-refractivity contribution in [3.63, 3.8) is 0 Å². The maximum atomic E-state index is 13.2. The molecule has 0 unspecified atom stereocenters. The van der Waals surface area contributed by atoms with Crippen molar-refractivity contribution < 1.29 is 19.5 Å². The van der Waals surface area contributed by atoms with E-state index in [1.54, 1.807) is 36.5 Å². The summed E-state index contributed by atoms with van der Waals surface area (Å²) in [5, 5.41) is 15.9. The summed E-state index contributed by atoms with van der Waals surface area (Å²) in [6, 6.07) is 10.7. The predicted molar refractivity (Wildman–Crippen MR) is 125 cm³/mol. The van der Waals surface area contributed by atoms with Gasteiger partial charge in [-0.15, -0.1) is 0 Å². The number of hydrogen-bond acceptors (Lipinski definition) is 4. The summed E-state index contributed by atoms with van der Waals surface area (Å²) >= 11 is 0. The van der Waals surface area contributed by atoms with E-state index in [0.717, 1.165) is 16.2 Å². The number of nitrogens with one attached hydrogen (secondary N) is 3. The minimum Gasteiger partial charge on any atom is -0.477 e. The Balaban J connectivity index is 1.80. The molecule has 4 N–H and O–H groups in total. The molecule has 0 saturated heterocycles. The molecule has 0 aliphatic rings. The fourth-order valence-corrected chi connectivity index (χ4v) is 3.56. The Labute approximate surface area is 188 Å². The number of carboxylic acids is 1. The number of fused-ring (bicyclic) bond motifs is 2. The third kappa shape index (κ3) is 4.20. The first kappa shape index (κ1) is 21.8. The van der Waals surface area contributed by atoms with E-state index in [0.29, 0.717) is 12.1 Å². The first-order valence-corrected chi connectivity index (χ1v) is 10.3. The highest BCUT2D eigenvalue weighted by Crippen LogP contribution is 2.24. The average molecular weight is 446 g/mol. The van der Waals surface area contributed by atoms with Crippen molar-refractivity contribution in [2.75, 3.05) is 11.9 Å². The molecule has 0 atom stereocenters. The van der Waals surface area contributed by atoms with Gasteiger partial charge in [0.2, 0.25) is 5.43 Å². The highest BCUT2D eigenvalue weighted by Gasteiger charge is 2.20. The van der Waals surface area contributed by atoms with Gasteiger partial charge in [-0.25, -0.2) is 9.59 Å². The SMILES string of the molecule is CC(C)CNC(=O)c1cc2cc[nH]c2cc1NC(=O)n1cc(C(=O)O)c(=O)c2ccccc21. The number of aromatic nitrogens is 2. The summed E-state index contributed by atoms with van der Waals surface area (Å²) in [4.78, 5) is 53.2. The summed E-state index contributed by atoms with van der Waals surface area (Å²) in [5.41, 5.74) is 0.261. The lowest BCUT2D eigenvalue weighted by Gasteiger charge is -2.15. The lowest BCUT2D eigenvalue weighted by Crippen LogP contribution is -2.30. The van der Waals surface area contributed by atoms with Crippen LogP contribution in [0, 0.1) is 5.92 Å². The molecule has 0 bridgehead atoms. The Morgan fingerprint density at radius 2 is 1.85 bits per heavy atom. The molecule has 0 saturated carbocycles. The molecular formula is C24H22N4O5. The Hall–Kier alpha value is -4.40.